The zero-order valence-electron chi connectivity index (χ0n) is 19.6. The van der Waals surface area contributed by atoms with Crippen molar-refractivity contribution < 1.29 is 14.3 Å². The number of pyridine rings is 1. The largest absolute Gasteiger partial charge is 0.465 e. The van der Waals surface area contributed by atoms with Crippen molar-refractivity contribution in [1.29, 1.82) is 0 Å². The second-order valence-electron chi connectivity index (χ2n) is 9.19. The number of rotatable bonds is 4. The molecule has 0 aliphatic heterocycles. The van der Waals surface area contributed by atoms with E-state index in [9.17, 15) is 18.8 Å². The molecule has 2 N–H and O–H groups in total. The van der Waals surface area contributed by atoms with E-state index >= 15 is 0 Å². The van der Waals surface area contributed by atoms with E-state index in [1.54, 1.807) is 6.07 Å². The number of hydrogen-bond donors (Lipinski definition) is 2. The molecule has 9 heteroatoms. The van der Waals surface area contributed by atoms with Crippen LogP contribution < -0.4 is 16.6 Å². The topological polar surface area (TPSA) is 106 Å². The van der Waals surface area contributed by atoms with Gasteiger partial charge in [-0.25, -0.2) is 23.5 Å². The van der Waals surface area contributed by atoms with Crippen LogP contribution in [0.1, 0.15) is 37.3 Å². The highest BCUT2D eigenvalue weighted by molar-refractivity contribution is 5.76. The molecule has 0 atom stereocenters. The third-order valence-corrected chi connectivity index (χ3v) is 6.77. The number of fused-ring (bicyclic) bond motifs is 1. The normalized spacial score (nSPS) is 17.7. The van der Waals surface area contributed by atoms with E-state index in [0.29, 0.717) is 31.4 Å². The molecule has 1 aliphatic rings. The third kappa shape index (κ3) is 4.39. The lowest BCUT2D eigenvalue weighted by atomic mass is 9.91. The number of carbonyl (C=O) groups is 1. The van der Waals surface area contributed by atoms with Gasteiger partial charge in [0.1, 0.15) is 5.82 Å². The highest BCUT2D eigenvalue weighted by atomic mass is 19.1. The lowest BCUT2D eigenvalue weighted by Gasteiger charge is -2.29. The molecule has 0 saturated heterocycles. The minimum Gasteiger partial charge on any atom is -0.465 e. The lowest BCUT2D eigenvalue weighted by molar-refractivity contribution is 0.182. The predicted octanol–water partition coefficient (Wildman–Crippen LogP) is 4.41. The first-order valence-corrected chi connectivity index (χ1v) is 11.8. The van der Waals surface area contributed by atoms with Crippen molar-refractivity contribution in [2.24, 2.45) is 0 Å². The van der Waals surface area contributed by atoms with E-state index in [-0.39, 0.29) is 17.1 Å². The molecular formula is C27H25FN4O4. The maximum Gasteiger partial charge on any atom is 0.404 e. The summed E-state index contributed by atoms with van der Waals surface area (Å²) in [4.78, 5) is 42.3. The van der Waals surface area contributed by atoms with Gasteiger partial charge in [-0.1, -0.05) is 42.0 Å². The van der Waals surface area contributed by atoms with Crippen LogP contribution in [0.2, 0.25) is 0 Å². The second-order valence-corrected chi connectivity index (χ2v) is 9.19. The summed E-state index contributed by atoms with van der Waals surface area (Å²) in [5, 5.41) is 11.5. The molecule has 36 heavy (non-hydrogen) atoms. The Morgan fingerprint density at radius 2 is 1.75 bits per heavy atom. The SMILES string of the molecule is Cc1ccc(-c2cccc(-n3c(=O)n(C4CCC(NC(=O)O)CC4)c(=O)c4cc(F)cnc43)c2)cc1. The van der Waals surface area contributed by atoms with E-state index in [2.05, 4.69) is 10.3 Å². The molecule has 4 aromatic rings. The van der Waals surface area contributed by atoms with Crippen molar-refractivity contribution in [1.82, 2.24) is 19.4 Å². The molecule has 0 spiro atoms. The number of carboxylic acid groups (broad SMARTS) is 1. The van der Waals surface area contributed by atoms with Gasteiger partial charge in [0.05, 0.1) is 17.3 Å². The molecule has 1 amide bonds. The molecule has 2 heterocycles. The molecular weight excluding hydrogens is 463 g/mol. The van der Waals surface area contributed by atoms with Gasteiger partial charge in [0.15, 0.2) is 5.65 Å². The first-order valence-electron chi connectivity index (χ1n) is 11.8. The van der Waals surface area contributed by atoms with Gasteiger partial charge in [-0.3, -0.25) is 9.36 Å². The summed E-state index contributed by atoms with van der Waals surface area (Å²) in [6.07, 6.45) is 1.76. The third-order valence-electron chi connectivity index (χ3n) is 6.77. The summed E-state index contributed by atoms with van der Waals surface area (Å²) in [5.41, 5.74) is 2.43. The summed E-state index contributed by atoms with van der Waals surface area (Å²) in [6, 6.07) is 15.8. The molecule has 1 fully saturated rings. The smallest absolute Gasteiger partial charge is 0.404 e. The van der Waals surface area contributed by atoms with Gasteiger partial charge in [0, 0.05) is 12.1 Å². The maximum absolute atomic E-state index is 14.2. The Kier molecular flexibility index (Phi) is 6.13. The zero-order valence-corrected chi connectivity index (χ0v) is 19.6. The fourth-order valence-corrected chi connectivity index (χ4v) is 4.96. The maximum atomic E-state index is 14.2. The van der Waals surface area contributed by atoms with E-state index in [0.717, 1.165) is 29.0 Å². The van der Waals surface area contributed by atoms with Gasteiger partial charge in [-0.15, -0.1) is 0 Å². The van der Waals surface area contributed by atoms with Crippen LogP contribution in [-0.4, -0.2) is 31.4 Å². The van der Waals surface area contributed by atoms with Gasteiger partial charge in [-0.05, 0) is 61.9 Å². The molecule has 184 valence electrons. The Morgan fingerprint density at radius 3 is 2.44 bits per heavy atom. The van der Waals surface area contributed by atoms with E-state index < -0.39 is 29.2 Å². The average molecular weight is 489 g/mol. The number of amides is 1. The quantitative estimate of drug-likeness (QED) is 0.443. The Bertz CT molecular complexity index is 1570. The molecule has 8 nitrogen and oxygen atoms in total. The first-order chi connectivity index (χ1) is 17.3. The van der Waals surface area contributed by atoms with E-state index in [4.69, 9.17) is 5.11 Å². The average Bonchev–Trinajstić information content (AvgIpc) is 2.86. The van der Waals surface area contributed by atoms with Crippen LogP contribution in [-0.2, 0) is 0 Å². The van der Waals surface area contributed by atoms with Gasteiger partial charge < -0.3 is 10.4 Å². The summed E-state index contributed by atoms with van der Waals surface area (Å²) >= 11 is 0. The highest BCUT2D eigenvalue weighted by Crippen LogP contribution is 2.28. The Morgan fingerprint density at radius 1 is 1.03 bits per heavy atom. The minimum atomic E-state index is -1.10. The number of aryl methyl sites for hydroxylation is 1. The number of halogens is 1. The molecule has 2 aromatic carbocycles. The molecule has 5 rings (SSSR count). The van der Waals surface area contributed by atoms with Crippen molar-refractivity contribution in [3.63, 3.8) is 0 Å². The molecule has 1 saturated carbocycles. The number of hydrogen-bond acceptors (Lipinski definition) is 4. The molecule has 0 unspecified atom stereocenters. The molecule has 0 bridgehead atoms. The Hall–Kier alpha value is -4.27. The van der Waals surface area contributed by atoms with Crippen molar-refractivity contribution >= 4 is 17.1 Å². The standard InChI is InChI=1S/C27H25FN4O4/c1-16-5-7-17(8-6-16)18-3-2-4-22(13-18)31-24-23(14-19(28)15-29-24)25(33)32(27(31)36)21-11-9-20(10-12-21)30-26(34)35/h2-8,13-15,20-21,30H,9-12H2,1H3,(H,34,35). The Labute approximate surface area is 205 Å². The first kappa shape index (κ1) is 23.5. The van der Waals surface area contributed by atoms with Gasteiger partial charge in [0.2, 0.25) is 0 Å². The van der Waals surface area contributed by atoms with Crippen LogP contribution in [0, 0.1) is 12.7 Å². The van der Waals surface area contributed by atoms with Crippen LogP contribution in [0.25, 0.3) is 27.8 Å². The van der Waals surface area contributed by atoms with Crippen LogP contribution >= 0.6 is 0 Å². The second kappa shape index (κ2) is 9.41. The van der Waals surface area contributed by atoms with Gasteiger partial charge in [0.25, 0.3) is 5.56 Å². The molecule has 1 aliphatic carbocycles. The number of nitrogens with zero attached hydrogens (tertiary/aromatic N) is 3. The van der Waals surface area contributed by atoms with Crippen LogP contribution in [0.15, 0.2) is 70.4 Å². The summed E-state index contributed by atoms with van der Waals surface area (Å²) in [7, 11) is 0. The van der Waals surface area contributed by atoms with E-state index in [1.165, 1.54) is 9.13 Å². The Balaban J connectivity index is 1.65. The fourth-order valence-electron chi connectivity index (χ4n) is 4.96. The lowest BCUT2D eigenvalue weighted by Crippen LogP contribution is -2.45. The predicted molar refractivity (Wildman–Crippen MR) is 134 cm³/mol. The highest BCUT2D eigenvalue weighted by Gasteiger charge is 2.28. The van der Waals surface area contributed by atoms with Crippen molar-refractivity contribution in [3.05, 3.63) is 93.0 Å². The van der Waals surface area contributed by atoms with Gasteiger partial charge in [-0.2, -0.15) is 0 Å². The summed E-state index contributed by atoms with van der Waals surface area (Å²) in [5.74, 6) is -0.667. The van der Waals surface area contributed by atoms with Crippen molar-refractivity contribution in [2.45, 2.75) is 44.7 Å². The monoisotopic (exact) mass is 488 g/mol. The van der Waals surface area contributed by atoms with Crippen LogP contribution in [0.4, 0.5) is 9.18 Å². The molecule has 2 aromatic heterocycles. The van der Waals surface area contributed by atoms with Crippen LogP contribution in [0.3, 0.4) is 0 Å². The van der Waals surface area contributed by atoms with E-state index in [1.807, 2.05) is 49.4 Å². The van der Waals surface area contributed by atoms with Crippen molar-refractivity contribution in [3.8, 4) is 16.8 Å². The molecule has 0 radical (unpaired) electrons. The minimum absolute atomic E-state index is 0.0149. The fraction of sp³-hybridized carbons (Fsp3) is 0.259. The summed E-state index contributed by atoms with van der Waals surface area (Å²) < 4.78 is 16.7. The summed E-state index contributed by atoms with van der Waals surface area (Å²) in [6.45, 7) is 2.01. The number of nitrogens with one attached hydrogen (secondary N) is 1. The number of benzene rings is 2. The van der Waals surface area contributed by atoms with Crippen LogP contribution in [0.5, 0.6) is 0 Å². The number of aromatic nitrogens is 3. The van der Waals surface area contributed by atoms with Crippen molar-refractivity contribution in [2.75, 3.05) is 0 Å². The van der Waals surface area contributed by atoms with Gasteiger partial charge >= 0.3 is 11.8 Å². The zero-order chi connectivity index (χ0) is 25.4.